The van der Waals surface area contributed by atoms with E-state index in [2.05, 4.69) is 10.6 Å². The molecule has 7 nitrogen and oxygen atoms in total. The monoisotopic (exact) mass is 326 g/mol. The van der Waals surface area contributed by atoms with E-state index in [4.69, 9.17) is 9.47 Å². The van der Waals surface area contributed by atoms with Gasteiger partial charge in [-0.05, 0) is 30.3 Å². The lowest BCUT2D eigenvalue weighted by atomic mass is 10.1. The third-order valence-electron chi connectivity index (χ3n) is 3.45. The maximum absolute atomic E-state index is 12.0. The minimum absolute atomic E-state index is 0.220. The highest BCUT2D eigenvalue weighted by Crippen LogP contribution is 2.25. The molecule has 0 saturated carbocycles. The van der Waals surface area contributed by atoms with Gasteiger partial charge in [0.05, 0.1) is 18.2 Å². The number of hydrogen-bond acceptors (Lipinski definition) is 5. The summed E-state index contributed by atoms with van der Waals surface area (Å²) in [5.41, 5.74) is 0.943. The van der Waals surface area contributed by atoms with Crippen LogP contribution in [0.3, 0.4) is 0 Å². The van der Waals surface area contributed by atoms with Crippen LogP contribution in [0.15, 0.2) is 42.5 Å². The van der Waals surface area contributed by atoms with Gasteiger partial charge in [-0.3, -0.25) is 19.7 Å². The molecule has 0 aliphatic carbocycles. The average Bonchev–Trinajstić information content (AvgIpc) is 2.87. The van der Waals surface area contributed by atoms with Crippen LogP contribution in [0.2, 0.25) is 0 Å². The first kappa shape index (κ1) is 15.5. The van der Waals surface area contributed by atoms with Crippen LogP contribution < -0.4 is 20.1 Å². The molecule has 2 N–H and O–H groups in total. The van der Waals surface area contributed by atoms with Gasteiger partial charge in [0.15, 0.2) is 18.1 Å². The summed E-state index contributed by atoms with van der Waals surface area (Å²) in [6.07, 6.45) is 0. The second-order valence-electron chi connectivity index (χ2n) is 5.03. The molecule has 0 saturated heterocycles. The van der Waals surface area contributed by atoms with E-state index in [-0.39, 0.29) is 12.2 Å². The number of imide groups is 1. The molecule has 0 bridgehead atoms. The van der Waals surface area contributed by atoms with Crippen LogP contribution in [0.5, 0.6) is 11.5 Å². The molecule has 0 radical (unpaired) electrons. The quantitative estimate of drug-likeness (QED) is 0.814. The first-order valence-electron chi connectivity index (χ1n) is 7.14. The van der Waals surface area contributed by atoms with Crippen molar-refractivity contribution in [1.82, 2.24) is 5.32 Å². The number of ether oxygens (including phenoxy) is 2. The summed E-state index contributed by atoms with van der Waals surface area (Å²) in [7, 11) is 1.51. The molecular weight excluding hydrogens is 312 g/mol. The Morgan fingerprint density at radius 1 is 1.04 bits per heavy atom. The normalized spacial score (nSPS) is 12.4. The topological polar surface area (TPSA) is 93.7 Å². The van der Waals surface area contributed by atoms with E-state index >= 15 is 0 Å². The van der Waals surface area contributed by atoms with Crippen molar-refractivity contribution >= 4 is 23.4 Å². The Hall–Kier alpha value is -3.35. The van der Waals surface area contributed by atoms with Gasteiger partial charge in [0.1, 0.15) is 0 Å². The van der Waals surface area contributed by atoms with Crippen molar-refractivity contribution < 1.29 is 23.9 Å². The average molecular weight is 326 g/mol. The highest BCUT2D eigenvalue weighted by atomic mass is 16.5. The van der Waals surface area contributed by atoms with Gasteiger partial charge < -0.3 is 14.8 Å². The smallest absolute Gasteiger partial charge is 0.262 e. The Kier molecular flexibility index (Phi) is 4.15. The molecule has 0 aromatic heterocycles. The molecule has 0 unspecified atom stereocenters. The summed E-state index contributed by atoms with van der Waals surface area (Å²) >= 11 is 0. The molecule has 1 heterocycles. The number of benzene rings is 2. The maximum Gasteiger partial charge on any atom is 0.262 e. The molecule has 3 amide bonds. The highest BCUT2D eigenvalue weighted by molar-refractivity contribution is 6.22. The van der Waals surface area contributed by atoms with Crippen molar-refractivity contribution in [3.8, 4) is 11.5 Å². The lowest BCUT2D eigenvalue weighted by Crippen LogP contribution is -2.20. The zero-order chi connectivity index (χ0) is 17.1. The summed E-state index contributed by atoms with van der Waals surface area (Å²) in [6, 6.07) is 11.5. The van der Waals surface area contributed by atoms with Crippen LogP contribution in [0, 0.1) is 0 Å². The van der Waals surface area contributed by atoms with Crippen LogP contribution in [0.25, 0.3) is 0 Å². The Bertz CT molecular complexity index is 831. The van der Waals surface area contributed by atoms with E-state index < -0.39 is 17.7 Å². The van der Waals surface area contributed by atoms with Crippen LogP contribution in [-0.4, -0.2) is 31.4 Å². The second kappa shape index (κ2) is 6.41. The maximum atomic E-state index is 12.0. The van der Waals surface area contributed by atoms with E-state index in [1.165, 1.54) is 19.2 Å². The van der Waals surface area contributed by atoms with Gasteiger partial charge in [0.25, 0.3) is 17.7 Å². The van der Waals surface area contributed by atoms with Crippen molar-refractivity contribution in [2.45, 2.75) is 0 Å². The molecule has 2 aromatic carbocycles. The van der Waals surface area contributed by atoms with E-state index in [1.54, 1.807) is 30.3 Å². The Morgan fingerprint density at radius 3 is 2.50 bits per heavy atom. The minimum atomic E-state index is -0.476. The van der Waals surface area contributed by atoms with Gasteiger partial charge in [-0.2, -0.15) is 0 Å². The number of carbonyl (C=O) groups excluding carboxylic acids is 3. The molecule has 0 fully saturated rings. The number of anilines is 1. The molecule has 2 aromatic rings. The number of rotatable bonds is 5. The van der Waals surface area contributed by atoms with Crippen LogP contribution >= 0.6 is 0 Å². The molecular formula is C17H14N2O5. The van der Waals surface area contributed by atoms with Crippen LogP contribution in [0.1, 0.15) is 20.7 Å². The molecule has 1 aliphatic rings. The number of fused-ring (bicyclic) bond motifs is 1. The third-order valence-corrected chi connectivity index (χ3v) is 3.45. The van der Waals surface area contributed by atoms with Crippen molar-refractivity contribution in [1.29, 1.82) is 0 Å². The van der Waals surface area contributed by atoms with Crippen molar-refractivity contribution in [2.24, 2.45) is 0 Å². The zero-order valence-electron chi connectivity index (χ0n) is 12.8. The van der Waals surface area contributed by atoms with Crippen LogP contribution in [-0.2, 0) is 4.79 Å². The summed E-state index contributed by atoms with van der Waals surface area (Å²) in [5, 5.41) is 4.81. The van der Waals surface area contributed by atoms with Crippen molar-refractivity contribution in [2.75, 3.05) is 19.0 Å². The number of para-hydroxylation sites is 2. The molecule has 0 atom stereocenters. The number of hydrogen-bond donors (Lipinski definition) is 2. The van der Waals surface area contributed by atoms with Gasteiger partial charge >= 0.3 is 0 Å². The number of methoxy groups -OCH3 is 1. The molecule has 1 aliphatic heterocycles. The minimum Gasteiger partial charge on any atom is -0.493 e. The van der Waals surface area contributed by atoms with Crippen molar-refractivity contribution in [3.63, 3.8) is 0 Å². The summed E-state index contributed by atoms with van der Waals surface area (Å²) in [4.78, 5) is 35.1. The lowest BCUT2D eigenvalue weighted by molar-refractivity contribution is -0.118. The van der Waals surface area contributed by atoms with Gasteiger partial charge in [-0.1, -0.05) is 12.1 Å². The van der Waals surface area contributed by atoms with Crippen LogP contribution in [0.4, 0.5) is 5.69 Å². The SMILES string of the molecule is COc1ccccc1OCC(=O)Nc1ccc2c(c1)C(=O)NC2=O. The fraction of sp³-hybridized carbons (Fsp3) is 0.118. The summed E-state index contributed by atoms with van der Waals surface area (Å²) < 4.78 is 10.6. The van der Waals surface area contributed by atoms with Gasteiger partial charge in [-0.25, -0.2) is 0 Å². The fourth-order valence-corrected chi connectivity index (χ4v) is 2.32. The molecule has 122 valence electrons. The summed E-state index contributed by atoms with van der Waals surface area (Å²) in [5.74, 6) is -0.332. The predicted octanol–water partition coefficient (Wildman–Crippen LogP) is 1.60. The number of carbonyl (C=O) groups is 3. The largest absolute Gasteiger partial charge is 0.493 e. The summed E-state index contributed by atoms with van der Waals surface area (Å²) in [6.45, 7) is -0.220. The van der Waals surface area contributed by atoms with Gasteiger partial charge in [-0.15, -0.1) is 0 Å². The first-order valence-corrected chi connectivity index (χ1v) is 7.14. The van der Waals surface area contributed by atoms with E-state index in [1.807, 2.05) is 0 Å². The Labute approximate surface area is 137 Å². The standard InChI is InChI=1S/C17H14N2O5/c1-23-13-4-2-3-5-14(13)24-9-15(20)18-10-6-7-11-12(8-10)17(22)19-16(11)21/h2-8H,9H2,1H3,(H,18,20)(H,19,21,22). The van der Waals surface area contributed by atoms with E-state index in [0.717, 1.165) is 0 Å². The van der Waals surface area contributed by atoms with E-state index in [9.17, 15) is 14.4 Å². The fourth-order valence-electron chi connectivity index (χ4n) is 2.32. The predicted molar refractivity (Wildman–Crippen MR) is 85.4 cm³/mol. The Morgan fingerprint density at radius 2 is 1.75 bits per heavy atom. The first-order chi connectivity index (χ1) is 11.6. The van der Waals surface area contributed by atoms with Gasteiger partial charge in [0, 0.05) is 5.69 Å². The third kappa shape index (κ3) is 3.05. The highest BCUT2D eigenvalue weighted by Gasteiger charge is 2.26. The number of amides is 3. The zero-order valence-corrected chi connectivity index (χ0v) is 12.8. The molecule has 7 heteroatoms. The lowest BCUT2D eigenvalue weighted by Gasteiger charge is -2.10. The van der Waals surface area contributed by atoms with E-state index in [0.29, 0.717) is 22.7 Å². The van der Waals surface area contributed by atoms with Gasteiger partial charge in [0.2, 0.25) is 0 Å². The molecule has 3 rings (SSSR count). The Balaban J connectivity index is 1.65. The number of nitrogens with one attached hydrogen (secondary N) is 2. The molecule has 24 heavy (non-hydrogen) atoms. The molecule has 0 spiro atoms. The van der Waals surface area contributed by atoms with Crippen molar-refractivity contribution in [3.05, 3.63) is 53.6 Å². The second-order valence-corrected chi connectivity index (χ2v) is 5.03.